The molecule has 0 bridgehead atoms. The number of aliphatic imine (C=N–C) groups is 1. The lowest BCUT2D eigenvalue weighted by Crippen LogP contribution is -2.17. The van der Waals surface area contributed by atoms with Crippen molar-refractivity contribution in [3.8, 4) is 6.07 Å². The monoisotopic (exact) mass is 262 g/mol. The van der Waals surface area contributed by atoms with Crippen molar-refractivity contribution in [1.29, 1.82) is 5.26 Å². The lowest BCUT2D eigenvalue weighted by Gasteiger charge is -2.03. The zero-order valence-corrected chi connectivity index (χ0v) is 10.7. The van der Waals surface area contributed by atoms with Crippen molar-refractivity contribution in [2.75, 3.05) is 13.2 Å². The van der Waals surface area contributed by atoms with Gasteiger partial charge in [-0.25, -0.2) is 4.39 Å². The van der Waals surface area contributed by atoms with E-state index < -0.39 is 11.9 Å². The molecule has 0 unspecified atom stereocenters. The number of hydrogen-bond acceptors (Lipinski definition) is 4. The first-order valence-corrected chi connectivity index (χ1v) is 5.98. The van der Waals surface area contributed by atoms with E-state index in [9.17, 15) is 9.18 Å². The van der Waals surface area contributed by atoms with E-state index in [1.165, 1.54) is 12.3 Å². The summed E-state index contributed by atoms with van der Waals surface area (Å²) in [5, 5.41) is 8.78. The molecule has 1 aromatic rings. The average Bonchev–Trinajstić information content (AvgIpc) is 2.41. The van der Waals surface area contributed by atoms with Gasteiger partial charge in [-0.15, -0.1) is 0 Å². The highest BCUT2D eigenvalue weighted by atomic mass is 19.1. The zero-order valence-electron chi connectivity index (χ0n) is 10.7. The molecular weight excluding hydrogens is 247 g/mol. The molecule has 0 saturated heterocycles. The maximum Gasteiger partial charge on any atom is 0.328 e. The van der Waals surface area contributed by atoms with E-state index in [2.05, 4.69) is 4.99 Å². The van der Waals surface area contributed by atoms with Crippen LogP contribution in [-0.2, 0) is 16.0 Å². The standard InChI is InChI=1S/C14H15FN2O2/c1-2-19-14(18)12(9-16)10-17-8-7-11-5-3-4-6-13(11)15/h3-6,10,12H,2,7-8H2,1H3/t12-/m0/s1. The summed E-state index contributed by atoms with van der Waals surface area (Å²) in [5.41, 5.74) is 0.560. The maximum absolute atomic E-state index is 13.3. The molecule has 0 N–H and O–H groups in total. The van der Waals surface area contributed by atoms with Crippen LogP contribution in [0.15, 0.2) is 29.3 Å². The number of carbonyl (C=O) groups excluding carboxylic acids is 1. The molecule has 0 radical (unpaired) electrons. The van der Waals surface area contributed by atoms with E-state index in [1.54, 1.807) is 31.2 Å². The van der Waals surface area contributed by atoms with Crippen molar-refractivity contribution >= 4 is 12.2 Å². The fourth-order valence-electron chi connectivity index (χ4n) is 1.45. The third-order valence-electron chi connectivity index (χ3n) is 2.40. The number of rotatable bonds is 6. The topological polar surface area (TPSA) is 62.5 Å². The van der Waals surface area contributed by atoms with Crippen molar-refractivity contribution in [2.45, 2.75) is 13.3 Å². The number of esters is 1. The van der Waals surface area contributed by atoms with Crippen LogP contribution < -0.4 is 0 Å². The van der Waals surface area contributed by atoms with Gasteiger partial charge >= 0.3 is 5.97 Å². The third-order valence-corrected chi connectivity index (χ3v) is 2.40. The van der Waals surface area contributed by atoms with E-state index in [0.29, 0.717) is 18.5 Å². The first kappa shape index (κ1) is 14.8. The number of nitriles is 1. The Morgan fingerprint density at radius 3 is 2.95 bits per heavy atom. The van der Waals surface area contributed by atoms with Crippen LogP contribution in [0.5, 0.6) is 0 Å². The minimum atomic E-state index is -0.999. The summed E-state index contributed by atoms with van der Waals surface area (Å²) in [7, 11) is 0. The number of halogens is 1. The molecule has 5 heteroatoms. The van der Waals surface area contributed by atoms with Gasteiger partial charge in [-0.2, -0.15) is 5.26 Å². The molecule has 0 fully saturated rings. The van der Waals surface area contributed by atoms with E-state index >= 15 is 0 Å². The number of ether oxygens (including phenoxy) is 1. The molecule has 0 amide bonds. The van der Waals surface area contributed by atoms with E-state index in [4.69, 9.17) is 10.00 Å². The first-order chi connectivity index (χ1) is 9.19. The van der Waals surface area contributed by atoms with Crippen LogP contribution in [-0.4, -0.2) is 25.3 Å². The second-order valence-electron chi connectivity index (χ2n) is 3.76. The molecule has 0 spiro atoms. The molecular formula is C14H15FN2O2. The van der Waals surface area contributed by atoms with Crippen molar-refractivity contribution in [3.05, 3.63) is 35.6 Å². The summed E-state index contributed by atoms with van der Waals surface area (Å²) >= 11 is 0. The Morgan fingerprint density at radius 1 is 1.58 bits per heavy atom. The Morgan fingerprint density at radius 2 is 2.32 bits per heavy atom. The molecule has 4 nitrogen and oxygen atoms in total. The Labute approximate surface area is 111 Å². The van der Waals surface area contributed by atoms with Gasteiger partial charge in [-0.05, 0) is 25.0 Å². The lowest BCUT2D eigenvalue weighted by atomic mass is 10.1. The van der Waals surface area contributed by atoms with Crippen LogP contribution in [0.2, 0.25) is 0 Å². The largest absolute Gasteiger partial charge is 0.465 e. The summed E-state index contributed by atoms with van der Waals surface area (Å²) in [6.45, 7) is 2.21. The number of carbonyl (C=O) groups is 1. The number of benzene rings is 1. The van der Waals surface area contributed by atoms with Crippen LogP contribution in [0, 0.1) is 23.1 Å². The normalized spacial score (nSPS) is 12.1. The SMILES string of the molecule is CCOC(=O)[C@@H](C#N)C=NCCc1ccccc1F. The minimum Gasteiger partial charge on any atom is -0.465 e. The predicted octanol–water partition coefficient (Wildman–Crippen LogP) is 2.14. The molecule has 1 aromatic carbocycles. The first-order valence-electron chi connectivity index (χ1n) is 5.98. The van der Waals surface area contributed by atoms with Crippen molar-refractivity contribution in [1.82, 2.24) is 0 Å². The van der Waals surface area contributed by atoms with Crippen LogP contribution in [0.1, 0.15) is 12.5 Å². The molecule has 0 aliphatic rings. The number of nitrogens with zero attached hydrogens (tertiary/aromatic N) is 2. The Bertz CT molecular complexity index is 494. The summed E-state index contributed by atoms with van der Waals surface area (Å²) in [6, 6.07) is 8.23. The Hall–Kier alpha value is -2.22. The van der Waals surface area contributed by atoms with Crippen LogP contribution in [0.4, 0.5) is 4.39 Å². The minimum absolute atomic E-state index is 0.222. The molecule has 100 valence electrons. The smallest absolute Gasteiger partial charge is 0.328 e. The average molecular weight is 262 g/mol. The van der Waals surface area contributed by atoms with Gasteiger partial charge in [-0.1, -0.05) is 18.2 Å². The Balaban J connectivity index is 2.48. The van der Waals surface area contributed by atoms with Crippen molar-refractivity contribution < 1.29 is 13.9 Å². The van der Waals surface area contributed by atoms with Gasteiger partial charge in [-0.3, -0.25) is 9.79 Å². The number of hydrogen-bond donors (Lipinski definition) is 0. The van der Waals surface area contributed by atoms with Crippen molar-refractivity contribution in [2.24, 2.45) is 10.9 Å². The highest BCUT2D eigenvalue weighted by molar-refractivity contribution is 5.92. The van der Waals surface area contributed by atoms with Gasteiger partial charge in [0.1, 0.15) is 5.82 Å². The van der Waals surface area contributed by atoms with Crippen molar-refractivity contribution in [3.63, 3.8) is 0 Å². The van der Waals surface area contributed by atoms with Gasteiger partial charge in [0, 0.05) is 12.8 Å². The highest BCUT2D eigenvalue weighted by Gasteiger charge is 2.15. The summed E-state index contributed by atoms with van der Waals surface area (Å²) in [4.78, 5) is 15.3. The molecule has 1 atom stereocenters. The van der Waals surface area contributed by atoms with Gasteiger partial charge in [0.05, 0.1) is 12.7 Å². The zero-order chi connectivity index (χ0) is 14.1. The molecule has 0 aliphatic heterocycles. The van der Waals surface area contributed by atoms with Gasteiger partial charge in [0.15, 0.2) is 5.92 Å². The van der Waals surface area contributed by atoms with Crippen LogP contribution >= 0.6 is 0 Å². The summed E-state index contributed by atoms with van der Waals surface area (Å²) in [6.07, 6.45) is 1.67. The Kier molecular flexibility index (Phi) is 6.23. The lowest BCUT2D eigenvalue weighted by molar-refractivity contribution is -0.143. The van der Waals surface area contributed by atoms with E-state index in [0.717, 1.165) is 0 Å². The summed E-state index contributed by atoms with van der Waals surface area (Å²) < 4.78 is 18.0. The fraction of sp³-hybridized carbons (Fsp3) is 0.357. The molecule has 19 heavy (non-hydrogen) atoms. The molecule has 0 aliphatic carbocycles. The van der Waals surface area contributed by atoms with Gasteiger partial charge in [0.2, 0.25) is 0 Å². The van der Waals surface area contributed by atoms with Gasteiger partial charge < -0.3 is 4.74 Å². The molecule has 1 rings (SSSR count). The quantitative estimate of drug-likeness (QED) is 0.583. The molecule has 0 heterocycles. The predicted molar refractivity (Wildman–Crippen MR) is 69.2 cm³/mol. The maximum atomic E-state index is 13.3. The van der Waals surface area contributed by atoms with Crippen LogP contribution in [0.25, 0.3) is 0 Å². The van der Waals surface area contributed by atoms with Gasteiger partial charge in [0.25, 0.3) is 0 Å². The fourth-order valence-corrected chi connectivity index (χ4v) is 1.45. The van der Waals surface area contributed by atoms with Crippen LogP contribution in [0.3, 0.4) is 0 Å². The molecule has 0 saturated carbocycles. The second kappa shape index (κ2) is 7.98. The highest BCUT2D eigenvalue weighted by Crippen LogP contribution is 2.07. The molecule has 0 aromatic heterocycles. The second-order valence-corrected chi connectivity index (χ2v) is 3.76. The third kappa shape index (κ3) is 4.88. The summed E-state index contributed by atoms with van der Waals surface area (Å²) in [5.74, 6) is -1.89. The van der Waals surface area contributed by atoms with E-state index in [-0.39, 0.29) is 12.4 Å². The van der Waals surface area contributed by atoms with E-state index in [1.807, 2.05) is 0 Å².